The molecule has 2 aromatic heterocycles. The number of hydrogen-bond donors (Lipinski definition) is 1. The number of benzene rings is 2. The minimum absolute atomic E-state index is 0.0115. The molecule has 0 saturated heterocycles. The SMILES string of the molecule is Cc1sc2nc(SCC(=O)Nc3ccccc3F)n(-c3ccccc3)c(=O)c2c1C. The Balaban J connectivity index is 1.70. The summed E-state index contributed by atoms with van der Waals surface area (Å²) in [5, 5.41) is 3.58. The van der Waals surface area contributed by atoms with Crippen LogP contribution >= 0.6 is 23.1 Å². The fourth-order valence-corrected chi connectivity index (χ4v) is 4.94. The normalized spacial score (nSPS) is 11.0. The number of aryl methyl sites for hydroxylation is 2. The van der Waals surface area contributed by atoms with Crippen LogP contribution in [-0.2, 0) is 4.79 Å². The van der Waals surface area contributed by atoms with Gasteiger partial charge in [0.05, 0.1) is 22.5 Å². The van der Waals surface area contributed by atoms with Gasteiger partial charge < -0.3 is 5.32 Å². The number of aromatic nitrogens is 2. The molecule has 1 amide bonds. The summed E-state index contributed by atoms with van der Waals surface area (Å²) < 4.78 is 15.3. The highest BCUT2D eigenvalue weighted by atomic mass is 32.2. The van der Waals surface area contributed by atoms with Crippen LogP contribution in [0.4, 0.5) is 10.1 Å². The number of fused-ring (bicyclic) bond motifs is 1. The molecule has 0 fully saturated rings. The lowest BCUT2D eigenvalue weighted by Gasteiger charge is -2.12. The summed E-state index contributed by atoms with van der Waals surface area (Å²) in [4.78, 5) is 32.1. The van der Waals surface area contributed by atoms with Crippen molar-refractivity contribution in [1.82, 2.24) is 9.55 Å². The van der Waals surface area contributed by atoms with Crippen molar-refractivity contribution in [3.8, 4) is 5.69 Å². The number of para-hydroxylation sites is 2. The molecule has 0 spiro atoms. The molecular weight excluding hydrogens is 421 g/mol. The van der Waals surface area contributed by atoms with Crippen molar-refractivity contribution in [3.63, 3.8) is 0 Å². The minimum Gasteiger partial charge on any atom is -0.323 e. The van der Waals surface area contributed by atoms with Gasteiger partial charge in [-0.15, -0.1) is 11.3 Å². The molecule has 4 aromatic rings. The van der Waals surface area contributed by atoms with Gasteiger partial charge >= 0.3 is 0 Å². The van der Waals surface area contributed by atoms with Crippen LogP contribution in [0.3, 0.4) is 0 Å². The summed E-state index contributed by atoms with van der Waals surface area (Å²) in [6.07, 6.45) is 0. The number of rotatable bonds is 5. The van der Waals surface area contributed by atoms with E-state index in [1.807, 2.05) is 44.2 Å². The molecule has 30 heavy (non-hydrogen) atoms. The second-order valence-corrected chi connectivity index (χ2v) is 8.80. The second-order valence-electron chi connectivity index (χ2n) is 6.65. The van der Waals surface area contributed by atoms with Gasteiger partial charge in [-0.2, -0.15) is 0 Å². The van der Waals surface area contributed by atoms with Crippen LogP contribution in [0.5, 0.6) is 0 Å². The van der Waals surface area contributed by atoms with E-state index < -0.39 is 5.82 Å². The quantitative estimate of drug-likeness (QED) is 0.354. The number of thioether (sulfide) groups is 1. The van der Waals surface area contributed by atoms with Crippen LogP contribution < -0.4 is 10.9 Å². The standard InChI is InChI=1S/C22H18FN3O2S2/c1-13-14(2)30-20-19(13)21(28)26(15-8-4-3-5-9-15)22(25-20)29-12-18(27)24-17-11-7-6-10-16(17)23/h3-11H,12H2,1-2H3,(H,24,27). The summed E-state index contributed by atoms with van der Waals surface area (Å²) in [7, 11) is 0. The van der Waals surface area contributed by atoms with Crippen molar-refractivity contribution < 1.29 is 9.18 Å². The van der Waals surface area contributed by atoms with E-state index in [0.29, 0.717) is 21.1 Å². The Kier molecular flexibility index (Phi) is 5.69. The van der Waals surface area contributed by atoms with Crippen molar-refractivity contribution >= 4 is 44.9 Å². The fourth-order valence-electron chi connectivity index (χ4n) is 3.06. The largest absolute Gasteiger partial charge is 0.323 e. The third-order valence-electron chi connectivity index (χ3n) is 4.67. The Morgan fingerprint density at radius 1 is 1.13 bits per heavy atom. The van der Waals surface area contributed by atoms with E-state index in [-0.39, 0.29) is 22.9 Å². The van der Waals surface area contributed by atoms with Gasteiger partial charge in [0.2, 0.25) is 5.91 Å². The highest BCUT2D eigenvalue weighted by Crippen LogP contribution is 2.29. The number of nitrogens with one attached hydrogen (secondary N) is 1. The monoisotopic (exact) mass is 439 g/mol. The summed E-state index contributed by atoms with van der Waals surface area (Å²) >= 11 is 2.61. The summed E-state index contributed by atoms with van der Waals surface area (Å²) in [5.74, 6) is -0.888. The van der Waals surface area contributed by atoms with E-state index in [1.54, 1.807) is 12.1 Å². The zero-order chi connectivity index (χ0) is 21.3. The summed E-state index contributed by atoms with van der Waals surface area (Å²) in [6.45, 7) is 3.88. The van der Waals surface area contributed by atoms with Gasteiger partial charge in [-0.1, -0.05) is 42.1 Å². The van der Waals surface area contributed by atoms with Gasteiger partial charge in [0.15, 0.2) is 5.16 Å². The number of hydrogen-bond acceptors (Lipinski definition) is 5. The third kappa shape index (κ3) is 3.88. The molecular formula is C22H18FN3O2S2. The molecule has 152 valence electrons. The Bertz CT molecular complexity index is 1300. The maximum absolute atomic E-state index is 13.8. The van der Waals surface area contributed by atoms with Crippen molar-refractivity contribution in [1.29, 1.82) is 0 Å². The zero-order valence-corrected chi connectivity index (χ0v) is 17.9. The number of amides is 1. The molecule has 0 aliphatic carbocycles. The van der Waals surface area contributed by atoms with Gasteiger partial charge in [0, 0.05) is 4.88 Å². The first-order valence-corrected chi connectivity index (χ1v) is 11.0. The summed E-state index contributed by atoms with van der Waals surface area (Å²) in [6, 6.07) is 15.2. The number of carbonyl (C=O) groups is 1. The van der Waals surface area contributed by atoms with Crippen molar-refractivity contribution in [2.45, 2.75) is 19.0 Å². The van der Waals surface area contributed by atoms with E-state index in [2.05, 4.69) is 10.3 Å². The Morgan fingerprint density at radius 2 is 1.83 bits per heavy atom. The van der Waals surface area contributed by atoms with Crippen LogP contribution in [0.1, 0.15) is 10.4 Å². The van der Waals surface area contributed by atoms with Crippen molar-refractivity contribution in [3.05, 3.63) is 81.2 Å². The van der Waals surface area contributed by atoms with Crippen molar-refractivity contribution in [2.24, 2.45) is 0 Å². The summed E-state index contributed by atoms with van der Waals surface area (Å²) in [5.41, 5.74) is 1.56. The lowest BCUT2D eigenvalue weighted by Crippen LogP contribution is -2.23. The molecule has 2 heterocycles. The maximum Gasteiger partial charge on any atom is 0.267 e. The van der Waals surface area contributed by atoms with E-state index in [9.17, 15) is 14.0 Å². The molecule has 0 aliphatic heterocycles. The van der Waals surface area contributed by atoms with Gasteiger partial charge in [-0.3, -0.25) is 14.2 Å². The molecule has 0 aliphatic rings. The predicted molar refractivity (Wildman–Crippen MR) is 120 cm³/mol. The number of carbonyl (C=O) groups excluding carboxylic acids is 1. The Labute approximate surface area is 180 Å². The number of anilines is 1. The van der Waals surface area contributed by atoms with E-state index in [0.717, 1.165) is 22.2 Å². The molecule has 1 N–H and O–H groups in total. The van der Waals surface area contributed by atoms with E-state index in [1.165, 1.54) is 28.0 Å². The van der Waals surface area contributed by atoms with Gasteiger partial charge in [0.25, 0.3) is 5.56 Å². The molecule has 0 saturated carbocycles. The first kappa shape index (κ1) is 20.3. The lowest BCUT2D eigenvalue weighted by atomic mass is 10.2. The Morgan fingerprint density at radius 3 is 2.57 bits per heavy atom. The molecule has 0 atom stereocenters. The topological polar surface area (TPSA) is 64.0 Å². The number of thiophene rings is 1. The molecule has 0 unspecified atom stereocenters. The van der Waals surface area contributed by atoms with Crippen LogP contribution in [0, 0.1) is 19.7 Å². The highest BCUT2D eigenvalue weighted by molar-refractivity contribution is 7.99. The third-order valence-corrected chi connectivity index (χ3v) is 6.71. The maximum atomic E-state index is 13.8. The van der Waals surface area contributed by atoms with Crippen LogP contribution in [0.15, 0.2) is 64.5 Å². The number of halogens is 1. The average molecular weight is 440 g/mol. The smallest absolute Gasteiger partial charge is 0.267 e. The van der Waals surface area contributed by atoms with E-state index >= 15 is 0 Å². The Hall–Kier alpha value is -2.97. The fraction of sp³-hybridized carbons (Fsp3) is 0.136. The molecule has 5 nitrogen and oxygen atoms in total. The van der Waals surface area contributed by atoms with Gasteiger partial charge in [-0.25, -0.2) is 9.37 Å². The minimum atomic E-state index is -0.499. The molecule has 0 bridgehead atoms. The predicted octanol–water partition coefficient (Wildman–Crippen LogP) is 4.93. The van der Waals surface area contributed by atoms with Gasteiger partial charge in [-0.05, 0) is 43.7 Å². The molecule has 0 radical (unpaired) electrons. The first-order valence-electron chi connectivity index (χ1n) is 9.21. The zero-order valence-electron chi connectivity index (χ0n) is 16.3. The second kappa shape index (κ2) is 8.41. The molecule has 4 rings (SSSR count). The van der Waals surface area contributed by atoms with Crippen LogP contribution in [0.25, 0.3) is 15.9 Å². The molecule has 2 aromatic carbocycles. The first-order chi connectivity index (χ1) is 14.5. The van der Waals surface area contributed by atoms with E-state index in [4.69, 9.17) is 0 Å². The molecule has 8 heteroatoms. The highest BCUT2D eigenvalue weighted by Gasteiger charge is 2.19. The number of nitrogens with zero attached hydrogens (tertiary/aromatic N) is 2. The average Bonchev–Trinajstić information content (AvgIpc) is 3.02. The van der Waals surface area contributed by atoms with Crippen LogP contribution in [-0.4, -0.2) is 21.2 Å². The van der Waals surface area contributed by atoms with Crippen molar-refractivity contribution in [2.75, 3.05) is 11.1 Å². The van der Waals surface area contributed by atoms with Crippen LogP contribution in [0.2, 0.25) is 0 Å². The lowest BCUT2D eigenvalue weighted by molar-refractivity contribution is -0.113. The van der Waals surface area contributed by atoms with Gasteiger partial charge in [0.1, 0.15) is 10.6 Å².